The molecule has 5 heteroatoms. The van der Waals surface area contributed by atoms with Crippen LogP contribution in [0.15, 0.2) is 10.5 Å². The second kappa shape index (κ2) is 3.28. The second-order valence-electron chi connectivity index (χ2n) is 2.18. The molecule has 66 valence electrons. The first kappa shape index (κ1) is 9.28. The van der Waals surface area contributed by atoms with Crippen molar-refractivity contribution in [3.8, 4) is 11.5 Å². The summed E-state index contributed by atoms with van der Waals surface area (Å²) in [6.45, 7) is -0.544. The van der Waals surface area contributed by atoms with Crippen molar-refractivity contribution in [2.75, 3.05) is 0 Å². The quantitative estimate of drug-likeness (QED) is 0.648. The highest BCUT2D eigenvalue weighted by Gasteiger charge is 2.14. The first-order valence-electron chi connectivity index (χ1n) is 3.07. The molecule has 0 spiro atoms. The maximum atomic E-state index is 12.8. The Labute approximate surface area is 76.2 Å². The third-order valence-corrected chi connectivity index (χ3v) is 2.28. The number of benzene rings is 1. The molecule has 0 saturated carbocycles. The van der Waals surface area contributed by atoms with E-state index in [2.05, 4.69) is 15.9 Å². The highest BCUT2D eigenvalue weighted by Crippen LogP contribution is 2.36. The average molecular weight is 237 g/mol. The molecule has 0 fully saturated rings. The van der Waals surface area contributed by atoms with Crippen molar-refractivity contribution >= 4 is 15.9 Å². The largest absolute Gasteiger partial charge is 0.504 e. The highest BCUT2D eigenvalue weighted by atomic mass is 79.9. The molecular weight excluding hydrogens is 231 g/mol. The molecule has 3 nitrogen and oxygen atoms in total. The van der Waals surface area contributed by atoms with Gasteiger partial charge in [0.1, 0.15) is 5.82 Å². The van der Waals surface area contributed by atoms with E-state index in [0.717, 1.165) is 6.07 Å². The number of halogens is 2. The summed E-state index contributed by atoms with van der Waals surface area (Å²) in [6.07, 6.45) is 0. The van der Waals surface area contributed by atoms with Gasteiger partial charge in [-0.25, -0.2) is 4.39 Å². The van der Waals surface area contributed by atoms with E-state index in [4.69, 9.17) is 15.3 Å². The predicted octanol–water partition coefficient (Wildman–Crippen LogP) is 1.49. The lowest BCUT2D eigenvalue weighted by Gasteiger charge is -2.06. The molecule has 0 aromatic heterocycles. The molecule has 12 heavy (non-hydrogen) atoms. The molecule has 1 rings (SSSR count). The number of aliphatic hydroxyl groups is 1. The Balaban J connectivity index is 3.42. The SMILES string of the molecule is OCc1c(O)c(O)cc(F)c1Br. The van der Waals surface area contributed by atoms with Gasteiger partial charge in [-0.2, -0.15) is 0 Å². The maximum Gasteiger partial charge on any atom is 0.164 e. The summed E-state index contributed by atoms with van der Waals surface area (Å²) in [4.78, 5) is 0. The monoisotopic (exact) mass is 236 g/mol. The molecule has 1 aromatic carbocycles. The van der Waals surface area contributed by atoms with Crippen LogP contribution < -0.4 is 0 Å². The van der Waals surface area contributed by atoms with Crippen LogP contribution in [0.2, 0.25) is 0 Å². The Morgan fingerprint density at radius 2 is 2.00 bits per heavy atom. The van der Waals surface area contributed by atoms with Crippen LogP contribution in [0.5, 0.6) is 11.5 Å². The van der Waals surface area contributed by atoms with Gasteiger partial charge in [0, 0.05) is 11.6 Å². The number of aliphatic hydroxyl groups excluding tert-OH is 1. The van der Waals surface area contributed by atoms with Crippen molar-refractivity contribution in [3.05, 3.63) is 21.9 Å². The molecule has 0 heterocycles. The van der Waals surface area contributed by atoms with Gasteiger partial charge >= 0.3 is 0 Å². The van der Waals surface area contributed by atoms with Crippen LogP contribution >= 0.6 is 15.9 Å². The minimum Gasteiger partial charge on any atom is -0.504 e. The molecule has 0 unspecified atom stereocenters. The zero-order chi connectivity index (χ0) is 9.30. The fraction of sp³-hybridized carbons (Fsp3) is 0.143. The molecule has 1 aromatic rings. The van der Waals surface area contributed by atoms with E-state index in [0.29, 0.717) is 0 Å². The van der Waals surface area contributed by atoms with Gasteiger partial charge < -0.3 is 15.3 Å². The topological polar surface area (TPSA) is 60.7 Å². The first-order valence-corrected chi connectivity index (χ1v) is 3.87. The van der Waals surface area contributed by atoms with Crippen molar-refractivity contribution in [1.82, 2.24) is 0 Å². The number of phenolic OH excluding ortho intramolecular Hbond substituents is 1. The van der Waals surface area contributed by atoms with Gasteiger partial charge in [0.25, 0.3) is 0 Å². The fourth-order valence-corrected chi connectivity index (χ4v) is 1.23. The number of aromatic hydroxyl groups is 2. The van der Waals surface area contributed by atoms with Gasteiger partial charge in [-0.05, 0) is 15.9 Å². The smallest absolute Gasteiger partial charge is 0.164 e. The summed E-state index contributed by atoms with van der Waals surface area (Å²) < 4.78 is 12.7. The van der Waals surface area contributed by atoms with Crippen LogP contribution in [0.3, 0.4) is 0 Å². The zero-order valence-electron chi connectivity index (χ0n) is 5.88. The van der Waals surface area contributed by atoms with Crippen molar-refractivity contribution < 1.29 is 19.7 Å². The molecule has 0 atom stereocenters. The van der Waals surface area contributed by atoms with Gasteiger partial charge in [0.15, 0.2) is 11.5 Å². The molecule has 0 radical (unpaired) electrons. The maximum absolute atomic E-state index is 12.8. The Morgan fingerprint density at radius 1 is 1.42 bits per heavy atom. The minimum absolute atomic E-state index is 0.0414. The van der Waals surface area contributed by atoms with Crippen LogP contribution in [0.4, 0.5) is 4.39 Å². The molecule has 0 saturated heterocycles. The number of rotatable bonds is 1. The van der Waals surface area contributed by atoms with E-state index in [9.17, 15) is 4.39 Å². The summed E-state index contributed by atoms with van der Waals surface area (Å²) >= 11 is 2.82. The van der Waals surface area contributed by atoms with Crippen molar-refractivity contribution in [2.45, 2.75) is 6.61 Å². The summed E-state index contributed by atoms with van der Waals surface area (Å²) in [5, 5.41) is 26.7. The molecule has 0 amide bonds. The van der Waals surface area contributed by atoms with E-state index in [1.807, 2.05) is 0 Å². The van der Waals surface area contributed by atoms with Crippen molar-refractivity contribution in [2.24, 2.45) is 0 Å². The Kier molecular flexibility index (Phi) is 2.54. The molecule has 0 aliphatic heterocycles. The predicted molar refractivity (Wildman–Crippen MR) is 43.4 cm³/mol. The summed E-state index contributed by atoms with van der Waals surface area (Å²) in [5.41, 5.74) is -0.0625. The van der Waals surface area contributed by atoms with E-state index >= 15 is 0 Å². The molecule has 0 bridgehead atoms. The second-order valence-corrected chi connectivity index (χ2v) is 2.97. The number of hydrogen-bond donors (Lipinski definition) is 3. The molecule has 3 N–H and O–H groups in total. The molecule has 0 aliphatic carbocycles. The van der Waals surface area contributed by atoms with Crippen LogP contribution in [0.25, 0.3) is 0 Å². The summed E-state index contributed by atoms with van der Waals surface area (Å²) in [5.74, 6) is -1.82. The van der Waals surface area contributed by atoms with E-state index < -0.39 is 23.9 Å². The van der Waals surface area contributed by atoms with Crippen LogP contribution in [0, 0.1) is 5.82 Å². The lowest BCUT2D eigenvalue weighted by molar-refractivity contribution is 0.271. The molecule has 0 aliphatic rings. The zero-order valence-corrected chi connectivity index (χ0v) is 7.47. The average Bonchev–Trinajstić information content (AvgIpc) is 2.02. The Bertz CT molecular complexity index is 288. The Hall–Kier alpha value is -0.810. The molecular formula is C7H6BrFO3. The van der Waals surface area contributed by atoms with Crippen molar-refractivity contribution in [1.29, 1.82) is 0 Å². The van der Waals surface area contributed by atoms with E-state index in [-0.39, 0.29) is 10.0 Å². The van der Waals surface area contributed by atoms with Gasteiger partial charge in [-0.1, -0.05) is 0 Å². The van der Waals surface area contributed by atoms with Crippen molar-refractivity contribution in [3.63, 3.8) is 0 Å². The van der Waals surface area contributed by atoms with Crippen LogP contribution in [-0.2, 0) is 6.61 Å². The van der Waals surface area contributed by atoms with Crippen LogP contribution in [0.1, 0.15) is 5.56 Å². The minimum atomic E-state index is -0.727. The van der Waals surface area contributed by atoms with Gasteiger partial charge in [0.2, 0.25) is 0 Å². The standard InChI is InChI=1S/C7H6BrFO3/c8-6-3(2-10)7(12)5(11)1-4(6)9/h1,10-12H,2H2. The third-order valence-electron chi connectivity index (χ3n) is 1.42. The lowest BCUT2D eigenvalue weighted by Crippen LogP contribution is -1.90. The highest BCUT2D eigenvalue weighted by molar-refractivity contribution is 9.10. The van der Waals surface area contributed by atoms with E-state index in [1.165, 1.54) is 0 Å². The van der Waals surface area contributed by atoms with Gasteiger partial charge in [-0.15, -0.1) is 0 Å². The fourth-order valence-electron chi connectivity index (χ4n) is 0.799. The van der Waals surface area contributed by atoms with Crippen LogP contribution in [-0.4, -0.2) is 15.3 Å². The normalized spacial score (nSPS) is 10.2. The van der Waals surface area contributed by atoms with E-state index in [1.54, 1.807) is 0 Å². The summed E-state index contributed by atoms with van der Waals surface area (Å²) in [7, 11) is 0. The van der Waals surface area contributed by atoms with Gasteiger partial charge in [-0.3, -0.25) is 0 Å². The lowest BCUT2D eigenvalue weighted by atomic mass is 10.2. The third kappa shape index (κ3) is 1.37. The van der Waals surface area contributed by atoms with Gasteiger partial charge in [0.05, 0.1) is 11.1 Å². The number of phenols is 2. The number of hydrogen-bond acceptors (Lipinski definition) is 3. The summed E-state index contributed by atoms with van der Waals surface area (Å²) in [6, 6.07) is 0.762. The Morgan fingerprint density at radius 3 is 2.50 bits per heavy atom. The first-order chi connectivity index (χ1) is 5.57.